The van der Waals surface area contributed by atoms with Crippen molar-refractivity contribution in [3.05, 3.63) is 51.8 Å². The monoisotopic (exact) mass is 357 g/mol. The standard InChI is InChI=1S/C16H15N5O3S/c1-9-4-5-11(8-13(9)21(22)23)19-15-17-7-6-12(20-15)14-10(2)18-16(24-3)25-14/h4-8H,1-3H3,(H,17,19,20). The van der Waals surface area contributed by atoms with Crippen molar-refractivity contribution in [2.24, 2.45) is 0 Å². The molecule has 0 amide bonds. The van der Waals surface area contributed by atoms with Crippen LogP contribution in [0.25, 0.3) is 10.6 Å². The zero-order chi connectivity index (χ0) is 18.0. The molecule has 128 valence electrons. The van der Waals surface area contributed by atoms with Gasteiger partial charge in [-0.05, 0) is 26.0 Å². The second-order valence-electron chi connectivity index (χ2n) is 5.25. The van der Waals surface area contributed by atoms with Crippen molar-refractivity contribution >= 4 is 28.7 Å². The number of nitro groups is 1. The third kappa shape index (κ3) is 3.56. The Balaban J connectivity index is 1.91. The third-order valence-corrected chi connectivity index (χ3v) is 4.64. The van der Waals surface area contributed by atoms with Crippen molar-refractivity contribution < 1.29 is 9.66 Å². The molecule has 0 fully saturated rings. The Kier molecular flexibility index (Phi) is 4.57. The SMILES string of the molecule is COc1nc(C)c(-c2ccnc(Nc3ccc(C)c([N+](=O)[O-])c3)n2)s1. The van der Waals surface area contributed by atoms with E-state index in [0.717, 1.165) is 10.6 Å². The fraction of sp³-hybridized carbons (Fsp3) is 0.188. The molecule has 0 unspecified atom stereocenters. The van der Waals surface area contributed by atoms with Crippen molar-refractivity contribution in [2.45, 2.75) is 13.8 Å². The first-order valence-electron chi connectivity index (χ1n) is 7.35. The van der Waals surface area contributed by atoms with E-state index in [1.54, 1.807) is 38.4 Å². The summed E-state index contributed by atoms with van der Waals surface area (Å²) in [5.41, 5.74) is 2.71. The minimum atomic E-state index is -0.412. The van der Waals surface area contributed by atoms with E-state index in [-0.39, 0.29) is 5.69 Å². The van der Waals surface area contributed by atoms with E-state index in [2.05, 4.69) is 20.3 Å². The number of hydrogen-bond acceptors (Lipinski definition) is 8. The Morgan fingerprint density at radius 2 is 2.04 bits per heavy atom. The molecule has 25 heavy (non-hydrogen) atoms. The molecule has 0 radical (unpaired) electrons. The van der Waals surface area contributed by atoms with E-state index in [0.29, 0.717) is 28.1 Å². The molecule has 0 atom stereocenters. The summed E-state index contributed by atoms with van der Waals surface area (Å²) in [7, 11) is 1.57. The zero-order valence-corrected chi connectivity index (χ0v) is 14.6. The van der Waals surface area contributed by atoms with E-state index in [1.165, 1.54) is 17.4 Å². The van der Waals surface area contributed by atoms with E-state index in [1.807, 2.05) is 6.92 Å². The lowest BCUT2D eigenvalue weighted by molar-refractivity contribution is -0.385. The molecule has 1 N–H and O–H groups in total. The third-order valence-electron chi connectivity index (χ3n) is 3.50. The molecular formula is C16H15N5O3S. The van der Waals surface area contributed by atoms with Crippen LogP contribution < -0.4 is 10.1 Å². The molecule has 0 spiro atoms. The van der Waals surface area contributed by atoms with Gasteiger partial charge in [0.2, 0.25) is 5.95 Å². The van der Waals surface area contributed by atoms with Crippen LogP contribution in [-0.2, 0) is 0 Å². The van der Waals surface area contributed by atoms with Gasteiger partial charge < -0.3 is 10.1 Å². The maximum absolute atomic E-state index is 11.1. The fourth-order valence-corrected chi connectivity index (χ4v) is 3.11. The smallest absolute Gasteiger partial charge is 0.274 e. The van der Waals surface area contributed by atoms with Gasteiger partial charge in [0.1, 0.15) is 0 Å². The normalized spacial score (nSPS) is 10.5. The molecule has 8 nitrogen and oxygen atoms in total. The molecule has 0 saturated carbocycles. The lowest BCUT2D eigenvalue weighted by Gasteiger charge is -2.07. The van der Waals surface area contributed by atoms with Crippen LogP contribution in [0.4, 0.5) is 17.3 Å². The van der Waals surface area contributed by atoms with Gasteiger partial charge in [-0.15, -0.1) is 0 Å². The average molecular weight is 357 g/mol. The Morgan fingerprint density at radius 1 is 1.24 bits per heavy atom. The van der Waals surface area contributed by atoms with Gasteiger partial charge in [-0.1, -0.05) is 17.4 Å². The summed E-state index contributed by atoms with van der Waals surface area (Å²) in [5, 5.41) is 14.6. The van der Waals surface area contributed by atoms with Crippen LogP contribution in [0.5, 0.6) is 5.19 Å². The lowest BCUT2D eigenvalue weighted by Crippen LogP contribution is -1.99. The van der Waals surface area contributed by atoms with Crippen LogP contribution in [-0.4, -0.2) is 27.0 Å². The number of nitrogens with one attached hydrogen (secondary N) is 1. The van der Waals surface area contributed by atoms with Crippen molar-refractivity contribution in [3.8, 4) is 15.8 Å². The van der Waals surface area contributed by atoms with Gasteiger partial charge in [0.05, 0.1) is 28.3 Å². The molecule has 9 heteroatoms. The number of anilines is 2. The van der Waals surface area contributed by atoms with Crippen molar-refractivity contribution in [1.29, 1.82) is 0 Å². The van der Waals surface area contributed by atoms with Gasteiger partial charge in [0.25, 0.3) is 10.9 Å². The van der Waals surface area contributed by atoms with Gasteiger partial charge in [-0.25, -0.2) is 15.0 Å². The maximum Gasteiger partial charge on any atom is 0.274 e. The number of thiazole rings is 1. The number of methoxy groups -OCH3 is 1. The van der Waals surface area contributed by atoms with Crippen LogP contribution in [0, 0.1) is 24.0 Å². The predicted octanol–water partition coefficient (Wildman–Crippen LogP) is 3.88. The van der Waals surface area contributed by atoms with Gasteiger partial charge in [-0.3, -0.25) is 10.1 Å². The summed E-state index contributed by atoms with van der Waals surface area (Å²) in [5.74, 6) is 0.349. The lowest BCUT2D eigenvalue weighted by atomic mass is 10.2. The second-order valence-corrected chi connectivity index (χ2v) is 6.21. The zero-order valence-electron chi connectivity index (χ0n) is 13.8. The maximum atomic E-state index is 11.1. The first kappa shape index (κ1) is 16.8. The summed E-state index contributed by atoms with van der Waals surface area (Å²) in [6.07, 6.45) is 1.62. The molecule has 1 aromatic carbocycles. The number of hydrogen-bond donors (Lipinski definition) is 1. The Labute approximate surface area is 147 Å². The fourth-order valence-electron chi connectivity index (χ4n) is 2.25. The number of benzene rings is 1. The highest BCUT2D eigenvalue weighted by molar-refractivity contribution is 7.17. The molecule has 0 saturated heterocycles. The highest BCUT2D eigenvalue weighted by atomic mass is 32.1. The molecule has 3 aromatic rings. The number of nitro benzene ring substituents is 1. The van der Waals surface area contributed by atoms with Gasteiger partial charge >= 0.3 is 0 Å². The molecule has 0 aliphatic carbocycles. The van der Waals surface area contributed by atoms with Gasteiger partial charge in [0, 0.05) is 23.5 Å². The van der Waals surface area contributed by atoms with Crippen LogP contribution in [0.3, 0.4) is 0 Å². The van der Waals surface area contributed by atoms with Crippen LogP contribution in [0.15, 0.2) is 30.5 Å². The second kappa shape index (κ2) is 6.81. The first-order valence-corrected chi connectivity index (χ1v) is 8.16. The largest absolute Gasteiger partial charge is 0.473 e. The van der Waals surface area contributed by atoms with E-state index >= 15 is 0 Å². The van der Waals surface area contributed by atoms with Crippen molar-refractivity contribution in [3.63, 3.8) is 0 Å². The molecule has 0 bridgehead atoms. The topological polar surface area (TPSA) is 103 Å². The Hall–Kier alpha value is -3.07. The number of aromatic nitrogens is 3. The number of nitrogens with zero attached hydrogens (tertiary/aromatic N) is 4. The van der Waals surface area contributed by atoms with Crippen molar-refractivity contribution in [1.82, 2.24) is 15.0 Å². The predicted molar refractivity (Wildman–Crippen MR) is 95.5 cm³/mol. The molecular weight excluding hydrogens is 342 g/mol. The average Bonchev–Trinajstić information content (AvgIpc) is 2.97. The molecule has 2 aromatic heterocycles. The van der Waals surface area contributed by atoms with E-state index in [9.17, 15) is 10.1 Å². The van der Waals surface area contributed by atoms with Gasteiger partial charge in [0.15, 0.2) is 0 Å². The molecule has 0 aliphatic rings. The molecule has 2 heterocycles. The minimum Gasteiger partial charge on any atom is -0.473 e. The summed E-state index contributed by atoms with van der Waals surface area (Å²) in [6, 6.07) is 6.68. The molecule has 3 rings (SSSR count). The summed E-state index contributed by atoms with van der Waals surface area (Å²) >= 11 is 1.40. The number of ether oxygens (including phenoxy) is 1. The van der Waals surface area contributed by atoms with E-state index in [4.69, 9.17) is 4.74 Å². The Morgan fingerprint density at radius 3 is 2.72 bits per heavy atom. The summed E-state index contributed by atoms with van der Waals surface area (Å²) in [6.45, 7) is 3.58. The first-order chi connectivity index (χ1) is 12.0. The molecule has 0 aliphatic heterocycles. The summed E-state index contributed by atoms with van der Waals surface area (Å²) < 4.78 is 5.15. The summed E-state index contributed by atoms with van der Waals surface area (Å²) in [4.78, 5) is 24.5. The highest BCUT2D eigenvalue weighted by Gasteiger charge is 2.14. The number of aryl methyl sites for hydroxylation is 2. The van der Waals surface area contributed by atoms with E-state index < -0.39 is 4.92 Å². The van der Waals surface area contributed by atoms with Crippen LogP contribution >= 0.6 is 11.3 Å². The quantitative estimate of drug-likeness (QED) is 0.546. The minimum absolute atomic E-state index is 0.0455. The highest BCUT2D eigenvalue weighted by Crippen LogP contribution is 2.33. The van der Waals surface area contributed by atoms with Crippen LogP contribution in [0.2, 0.25) is 0 Å². The van der Waals surface area contributed by atoms with Crippen LogP contribution in [0.1, 0.15) is 11.3 Å². The van der Waals surface area contributed by atoms with Gasteiger partial charge in [-0.2, -0.15) is 0 Å². The van der Waals surface area contributed by atoms with Crippen molar-refractivity contribution in [2.75, 3.05) is 12.4 Å². The Bertz CT molecular complexity index is 941. The number of rotatable bonds is 5.